The molecular formula is C25H29ClF2N8O3. The fourth-order valence-electron chi connectivity index (χ4n) is 5.34. The number of likely N-dealkylation sites (tertiary alicyclic amines) is 1. The number of methoxy groups -OCH3 is 1. The number of nitrogens with one attached hydrogen (secondary N) is 2. The second kappa shape index (κ2) is 11.2. The molecule has 0 radical (unpaired) electrons. The molecule has 11 nitrogen and oxygen atoms in total. The molecule has 1 atom stereocenters. The summed E-state index contributed by atoms with van der Waals surface area (Å²) in [5, 5.41) is 5.83. The highest BCUT2D eigenvalue weighted by molar-refractivity contribution is 6.31. The lowest BCUT2D eigenvalue weighted by atomic mass is 9.85. The maximum Gasteiger partial charge on any atom is 0.409 e. The first-order valence-corrected chi connectivity index (χ1v) is 13.2. The van der Waals surface area contributed by atoms with Gasteiger partial charge >= 0.3 is 6.09 Å². The molecule has 3 aromatic rings. The maximum atomic E-state index is 14.8. The quantitative estimate of drug-likeness (QED) is 0.376. The monoisotopic (exact) mass is 562 g/mol. The number of aromatic nitrogens is 4. The molecule has 2 aliphatic rings. The number of ether oxygens (including phenoxy) is 1. The van der Waals surface area contributed by atoms with Gasteiger partial charge in [0.2, 0.25) is 17.8 Å². The van der Waals surface area contributed by atoms with E-state index in [-0.39, 0.29) is 34.9 Å². The first-order valence-electron chi connectivity index (χ1n) is 12.8. The zero-order chi connectivity index (χ0) is 27.7. The van der Waals surface area contributed by atoms with Gasteiger partial charge in [0.05, 0.1) is 18.3 Å². The van der Waals surface area contributed by atoms with Crippen LogP contribution in [-0.4, -0.2) is 62.7 Å². The van der Waals surface area contributed by atoms with Crippen LogP contribution in [0.3, 0.4) is 0 Å². The van der Waals surface area contributed by atoms with Crippen molar-refractivity contribution in [1.29, 1.82) is 0 Å². The summed E-state index contributed by atoms with van der Waals surface area (Å²) in [6, 6.07) is 1.96. The average molecular weight is 563 g/mol. The molecule has 208 valence electrons. The van der Waals surface area contributed by atoms with Crippen molar-refractivity contribution in [3.63, 3.8) is 0 Å². The summed E-state index contributed by atoms with van der Waals surface area (Å²) in [5.74, 6) is -1.83. The predicted octanol–water partition coefficient (Wildman–Crippen LogP) is 4.36. The van der Waals surface area contributed by atoms with Gasteiger partial charge in [0, 0.05) is 31.1 Å². The highest BCUT2D eigenvalue weighted by Crippen LogP contribution is 2.38. The van der Waals surface area contributed by atoms with Crippen molar-refractivity contribution in [3.05, 3.63) is 35.0 Å². The van der Waals surface area contributed by atoms with E-state index in [4.69, 9.17) is 27.1 Å². The second-order valence-corrected chi connectivity index (χ2v) is 10.3. The Morgan fingerprint density at radius 2 is 1.92 bits per heavy atom. The zero-order valence-corrected chi connectivity index (χ0v) is 22.0. The minimum Gasteiger partial charge on any atom is -0.453 e. The average Bonchev–Trinajstić information content (AvgIpc) is 3.30. The molecule has 2 aromatic heterocycles. The molecule has 1 saturated carbocycles. The lowest BCUT2D eigenvalue weighted by Crippen LogP contribution is -2.45. The lowest BCUT2D eigenvalue weighted by molar-refractivity contribution is -0.122. The number of hydrogen-bond donors (Lipinski definition) is 3. The van der Waals surface area contributed by atoms with Crippen molar-refractivity contribution in [2.75, 3.05) is 30.8 Å². The van der Waals surface area contributed by atoms with E-state index < -0.39 is 23.4 Å². The minimum absolute atomic E-state index is 0.0927. The SMILES string of the molecule is COC(=O)N1CCCC(Nc2ncc3nc(Nc4c(F)ccc(Cl)c4F)n(C4CCC(C(N)=O)CC4)c3n2)C1. The van der Waals surface area contributed by atoms with E-state index in [9.17, 15) is 18.4 Å². The van der Waals surface area contributed by atoms with E-state index >= 15 is 0 Å². The summed E-state index contributed by atoms with van der Waals surface area (Å²) in [6.07, 6.45) is 5.08. The number of nitrogens with zero attached hydrogens (tertiary/aromatic N) is 5. The van der Waals surface area contributed by atoms with Gasteiger partial charge in [-0.05, 0) is 50.7 Å². The van der Waals surface area contributed by atoms with Crippen LogP contribution in [0.5, 0.6) is 0 Å². The summed E-state index contributed by atoms with van der Waals surface area (Å²) in [5.41, 5.74) is 5.97. The number of carbonyl (C=O) groups is 2. The maximum absolute atomic E-state index is 14.8. The Balaban J connectivity index is 1.49. The molecule has 5 rings (SSSR count). The van der Waals surface area contributed by atoms with Crippen molar-refractivity contribution in [2.24, 2.45) is 11.7 Å². The molecule has 1 aliphatic carbocycles. The Morgan fingerprint density at radius 1 is 1.15 bits per heavy atom. The molecule has 39 heavy (non-hydrogen) atoms. The van der Waals surface area contributed by atoms with E-state index in [0.29, 0.717) is 55.9 Å². The topological polar surface area (TPSA) is 140 Å². The largest absolute Gasteiger partial charge is 0.453 e. The van der Waals surface area contributed by atoms with Crippen LogP contribution >= 0.6 is 11.6 Å². The molecule has 4 N–H and O–H groups in total. The van der Waals surface area contributed by atoms with Crippen LogP contribution in [0.1, 0.15) is 44.6 Å². The first-order chi connectivity index (χ1) is 18.7. The Bertz CT molecular complexity index is 1400. The third-order valence-electron chi connectivity index (χ3n) is 7.37. The number of benzene rings is 1. The van der Waals surface area contributed by atoms with Crippen molar-refractivity contribution >= 4 is 52.3 Å². The molecule has 0 spiro atoms. The van der Waals surface area contributed by atoms with Gasteiger partial charge in [-0.15, -0.1) is 0 Å². The smallest absolute Gasteiger partial charge is 0.409 e. The summed E-state index contributed by atoms with van der Waals surface area (Å²) in [4.78, 5) is 39.0. The van der Waals surface area contributed by atoms with Crippen LogP contribution in [0.15, 0.2) is 18.3 Å². The third kappa shape index (κ3) is 5.54. The Hall–Kier alpha value is -3.74. The van der Waals surface area contributed by atoms with Crippen molar-refractivity contribution in [3.8, 4) is 0 Å². The Kier molecular flexibility index (Phi) is 7.69. The molecule has 1 saturated heterocycles. The van der Waals surface area contributed by atoms with Gasteiger partial charge in [0.25, 0.3) is 0 Å². The van der Waals surface area contributed by atoms with Crippen LogP contribution in [0.2, 0.25) is 5.02 Å². The third-order valence-corrected chi connectivity index (χ3v) is 7.66. The van der Waals surface area contributed by atoms with Crippen molar-refractivity contribution in [2.45, 2.75) is 50.6 Å². The number of anilines is 3. The van der Waals surface area contributed by atoms with Crippen LogP contribution in [0, 0.1) is 17.6 Å². The van der Waals surface area contributed by atoms with E-state index in [1.807, 2.05) is 0 Å². The van der Waals surface area contributed by atoms with Gasteiger partial charge in [0.1, 0.15) is 17.0 Å². The van der Waals surface area contributed by atoms with Crippen LogP contribution in [-0.2, 0) is 9.53 Å². The van der Waals surface area contributed by atoms with Crippen LogP contribution in [0.4, 0.5) is 31.2 Å². The normalized spacial score (nSPS) is 21.5. The predicted molar refractivity (Wildman–Crippen MR) is 141 cm³/mol. The minimum atomic E-state index is -0.936. The number of amides is 2. The van der Waals surface area contributed by atoms with Gasteiger partial charge < -0.3 is 26.0 Å². The fourth-order valence-corrected chi connectivity index (χ4v) is 5.50. The van der Waals surface area contributed by atoms with Gasteiger partial charge in [-0.2, -0.15) is 4.98 Å². The highest BCUT2D eigenvalue weighted by Gasteiger charge is 2.30. The van der Waals surface area contributed by atoms with Crippen LogP contribution in [0.25, 0.3) is 11.2 Å². The molecular weight excluding hydrogens is 534 g/mol. The van der Waals surface area contributed by atoms with E-state index in [2.05, 4.69) is 20.6 Å². The summed E-state index contributed by atoms with van der Waals surface area (Å²) >= 11 is 5.90. The number of piperidine rings is 1. The van der Waals surface area contributed by atoms with Gasteiger partial charge in [-0.1, -0.05) is 11.6 Å². The molecule has 2 amide bonds. The van der Waals surface area contributed by atoms with Crippen LogP contribution < -0.4 is 16.4 Å². The molecule has 3 heterocycles. The number of hydrogen-bond acceptors (Lipinski definition) is 8. The number of carbonyl (C=O) groups excluding carboxylic acids is 2. The van der Waals surface area contributed by atoms with E-state index in [1.165, 1.54) is 13.3 Å². The second-order valence-electron chi connectivity index (χ2n) is 9.86. The Labute approximate surface area is 228 Å². The number of rotatable bonds is 6. The summed E-state index contributed by atoms with van der Waals surface area (Å²) in [7, 11) is 1.35. The number of nitrogens with two attached hydrogens (primary N) is 1. The fraction of sp³-hybridized carbons (Fsp3) is 0.480. The number of primary amides is 1. The summed E-state index contributed by atoms with van der Waals surface area (Å²) < 4.78 is 36.0. The number of imidazole rings is 1. The standard InChI is InChI=1S/C25H29ClF2N8O3/c1-39-25(38)35-10-2-3-14(12-35)31-23-30-11-18-22(34-23)36(15-6-4-13(5-7-15)21(29)37)24(32-18)33-20-17(27)9-8-16(26)19(20)28/h8-9,11,13-15H,2-7,10,12H2,1H3,(H2,29,37)(H,32,33)(H,30,31,34). The van der Waals surface area contributed by atoms with E-state index in [1.54, 1.807) is 9.47 Å². The molecule has 2 fully saturated rings. The molecule has 1 unspecified atom stereocenters. The zero-order valence-electron chi connectivity index (χ0n) is 21.3. The van der Waals surface area contributed by atoms with Crippen molar-refractivity contribution in [1.82, 2.24) is 24.4 Å². The molecule has 1 aliphatic heterocycles. The molecule has 14 heteroatoms. The summed E-state index contributed by atoms with van der Waals surface area (Å²) in [6.45, 7) is 1.04. The van der Waals surface area contributed by atoms with Gasteiger partial charge in [0.15, 0.2) is 11.5 Å². The first kappa shape index (κ1) is 26.9. The number of halogens is 3. The molecule has 0 bridgehead atoms. The van der Waals surface area contributed by atoms with Gasteiger partial charge in [-0.25, -0.2) is 23.5 Å². The van der Waals surface area contributed by atoms with E-state index in [0.717, 1.165) is 25.0 Å². The molecule has 1 aromatic carbocycles. The van der Waals surface area contributed by atoms with Crippen molar-refractivity contribution < 1.29 is 23.1 Å². The highest BCUT2D eigenvalue weighted by atomic mass is 35.5. The number of fused-ring (bicyclic) bond motifs is 1. The lowest BCUT2D eigenvalue weighted by Gasteiger charge is -2.32. The van der Waals surface area contributed by atoms with Gasteiger partial charge in [-0.3, -0.25) is 9.36 Å². The Morgan fingerprint density at radius 3 is 2.64 bits per heavy atom.